The number of methoxy groups -OCH3 is 2. The number of benzene rings is 2. The van der Waals surface area contributed by atoms with Crippen molar-refractivity contribution in [3.05, 3.63) is 53.6 Å². The summed E-state index contributed by atoms with van der Waals surface area (Å²) < 4.78 is 10.8. The largest absolute Gasteiger partial charge is 0.497 e. The lowest BCUT2D eigenvalue weighted by Crippen LogP contribution is -2.45. The number of amides is 3. The first-order valence-electron chi connectivity index (χ1n) is 10.2. The summed E-state index contributed by atoms with van der Waals surface area (Å²) in [5.41, 5.74) is 1.73. The smallest absolute Gasteiger partial charge is 0.254 e. The molecule has 2 aromatic carbocycles. The number of ether oxygens (including phenoxy) is 2. The van der Waals surface area contributed by atoms with Gasteiger partial charge in [-0.3, -0.25) is 14.4 Å². The van der Waals surface area contributed by atoms with E-state index in [2.05, 4.69) is 10.6 Å². The summed E-state index contributed by atoms with van der Waals surface area (Å²) in [6, 6.07) is 11.2. The molecule has 2 atom stereocenters. The van der Waals surface area contributed by atoms with Gasteiger partial charge in [0.2, 0.25) is 11.8 Å². The zero-order chi connectivity index (χ0) is 22.0. The van der Waals surface area contributed by atoms with Crippen molar-refractivity contribution >= 4 is 23.4 Å². The molecule has 2 aliphatic heterocycles. The number of carbonyl (C=O) groups is 3. The molecule has 4 rings (SSSR count). The molecule has 0 spiro atoms. The molecule has 1 saturated heterocycles. The van der Waals surface area contributed by atoms with Gasteiger partial charge in [-0.2, -0.15) is 0 Å². The summed E-state index contributed by atoms with van der Waals surface area (Å²) in [5, 5.41) is 5.44. The van der Waals surface area contributed by atoms with Crippen LogP contribution < -0.4 is 20.1 Å². The lowest BCUT2D eigenvalue weighted by molar-refractivity contribution is -0.134. The summed E-state index contributed by atoms with van der Waals surface area (Å²) >= 11 is 0. The van der Waals surface area contributed by atoms with Crippen molar-refractivity contribution in [1.29, 1.82) is 0 Å². The summed E-state index contributed by atoms with van der Waals surface area (Å²) in [7, 11) is 3.17. The van der Waals surface area contributed by atoms with Gasteiger partial charge >= 0.3 is 0 Å². The Labute approximate surface area is 180 Å². The van der Waals surface area contributed by atoms with Gasteiger partial charge < -0.3 is 25.0 Å². The van der Waals surface area contributed by atoms with E-state index >= 15 is 0 Å². The minimum Gasteiger partial charge on any atom is -0.497 e. The standard InChI is InChI=1S/C23H25N3O5/c1-30-14-9-10-16(20(12-14)31-2)19-8-5-11-26(19)21(27)13-18-23(29)24-17-7-4-3-6-15(17)22(28)25-18/h3-4,6-7,9-10,12,18-19H,5,8,11,13H2,1-2H3,(H,24,29)(H,25,28)/t18-,19-/m0/s1. The quantitative estimate of drug-likeness (QED) is 0.770. The Morgan fingerprint density at radius 3 is 2.71 bits per heavy atom. The molecular weight excluding hydrogens is 398 g/mol. The van der Waals surface area contributed by atoms with Gasteiger partial charge in [-0.1, -0.05) is 12.1 Å². The Kier molecular flexibility index (Phi) is 5.79. The Balaban J connectivity index is 1.52. The van der Waals surface area contributed by atoms with Gasteiger partial charge in [0.15, 0.2) is 0 Å². The van der Waals surface area contributed by atoms with Crippen LogP contribution in [0.15, 0.2) is 42.5 Å². The summed E-state index contributed by atoms with van der Waals surface area (Å²) in [6.07, 6.45) is 1.53. The highest BCUT2D eigenvalue weighted by Gasteiger charge is 2.36. The molecule has 3 amide bonds. The van der Waals surface area contributed by atoms with E-state index in [1.807, 2.05) is 12.1 Å². The first kappa shape index (κ1) is 20.7. The molecule has 2 aromatic rings. The number of nitrogens with zero attached hydrogens (tertiary/aromatic N) is 1. The van der Waals surface area contributed by atoms with Gasteiger partial charge in [-0.15, -0.1) is 0 Å². The number of para-hydroxylation sites is 1. The second-order valence-electron chi connectivity index (χ2n) is 7.62. The summed E-state index contributed by atoms with van der Waals surface area (Å²) in [5.74, 6) is 0.367. The third-order valence-corrected chi connectivity index (χ3v) is 5.80. The van der Waals surface area contributed by atoms with Gasteiger partial charge in [0, 0.05) is 18.2 Å². The molecule has 8 nitrogen and oxygen atoms in total. The molecule has 0 aromatic heterocycles. The van der Waals surface area contributed by atoms with Crippen LogP contribution >= 0.6 is 0 Å². The van der Waals surface area contributed by atoms with Crippen LogP contribution in [0.4, 0.5) is 5.69 Å². The van der Waals surface area contributed by atoms with E-state index in [1.165, 1.54) is 0 Å². The van der Waals surface area contributed by atoms with Crippen molar-refractivity contribution in [1.82, 2.24) is 10.2 Å². The van der Waals surface area contributed by atoms with Crippen LogP contribution in [-0.4, -0.2) is 49.4 Å². The molecule has 0 bridgehead atoms. The molecule has 8 heteroatoms. The number of likely N-dealkylation sites (tertiary alicyclic amines) is 1. The van der Waals surface area contributed by atoms with Crippen molar-refractivity contribution in [2.75, 3.05) is 26.1 Å². The molecule has 31 heavy (non-hydrogen) atoms. The molecule has 0 aliphatic carbocycles. The highest BCUT2D eigenvalue weighted by atomic mass is 16.5. The van der Waals surface area contributed by atoms with Gasteiger partial charge in [0.25, 0.3) is 5.91 Å². The Morgan fingerprint density at radius 1 is 1.13 bits per heavy atom. The second kappa shape index (κ2) is 8.67. The number of anilines is 1. The third kappa shape index (κ3) is 4.05. The minimum absolute atomic E-state index is 0.111. The number of hydrogen-bond donors (Lipinski definition) is 2. The lowest BCUT2D eigenvalue weighted by Gasteiger charge is -2.28. The minimum atomic E-state index is -0.939. The first-order chi connectivity index (χ1) is 15.0. The predicted molar refractivity (Wildman–Crippen MR) is 114 cm³/mol. The maximum absolute atomic E-state index is 13.2. The SMILES string of the molecule is COc1ccc([C@@H]2CCCN2C(=O)C[C@@H]2NC(=O)c3ccccc3NC2=O)c(OC)c1. The second-order valence-corrected chi connectivity index (χ2v) is 7.62. The van der Waals surface area contributed by atoms with E-state index < -0.39 is 11.9 Å². The molecule has 0 radical (unpaired) electrons. The van der Waals surface area contributed by atoms with Crippen molar-refractivity contribution in [2.24, 2.45) is 0 Å². The van der Waals surface area contributed by atoms with Crippen LogP contribution in [-0.2, 0) is 9.59 Å². The average molecular weight is 423 g/mol. The van der Waals surface area contributed by atoms with Crippen LogP contribution in [0.25, 0.3) is 0 Å². The van der Waals surface area contributed by atoms with Gasteiger partial charge in [0.05, 0.1) is 37.9 Å². The van der Waals surface area contributed by atoms with E-state index in [-0.39, 0.29) is 24.3 Å². The fraction of sp³-hybridized carbons (Fsp3) is 0.348. The van der Waals surface area contributed by atoms with Crippen molar-refractivity contribution in [3.8, 4) is 11.5 Å². The van der Waals surface area contributed by atoms with Crippen LogP contribution in [0.5, 0.6) is 11.5 Å². The van der Waals surface area contributed by atoms with Gasteiger partial charge in [0.1, 0.15) is 17.5 Å². The molecule has 0 saturated carbocycles. The molecule has 2 heterocycles. The number of carbonyl (C=O) groups excluding carboxylic acids is 3. The number of hydrogen-bond acceptors (Lipinski definition) is 5. The van der Waals surface area contributed by atoms with Gasteiger partial charge in [-0.05, 0) is 37.1 Å². The number of fused-ring (bicyclic) bond motifs is 1. The summed E-state index contributed by atoms with van der Waals surface area (Å²) in [4.78, 5) is 40.2. The van der Waals surface area contributed by atoms with Gasteiger partial charge in [-0.25, -0.2) is 0 Å². The third-order valence-electron chi connectivity index (χ3n) is 5.80. The monoisotopic (exact) mass is 423 g/mol. The topological polar surface area (TPSA) is 97.0 Å². The number of nitrogens with one attached hydrogen (secondary N) is 2. The van der Waals surface area contributed by atoms with E-state index in [0.29, 0.717) is 29.3 Å². The van der Waals surface area contributed by atoms with E-state index in [9.17, 15) is 14.4 Å². The fourth-order valence-electron chi connectivity index (χ4n) is 4.23. The van der Waals surface area contributed by atoms with E-state index in [4.69, 9.17) is 9.47 Å². The predicted octanol–water partition coefficient (Wildman–Crippen LogP) is 2.51. The van der Waals surface area contributed by atoms with Crippen LogP contribution in [0.3, 0.4) is 0 Å². The van der Waals surface area contributed by atoms with Crippen LogP contribution in [0, 0.1) is 0 Å². The highest BCUT2D eigenvalue weighted by Crippen LogP contribution is 2.39. The Morgan fingerprint density at radius 2 is 1.94 bits per heavy atom. The van der Waals surface area contributed by atoms with Crippen LogP contribution in [0.2, 0.25) is 0 Å². The van der Waals surface area contributed by atoms with Crippen molar-refractivity contribution in [2.45, 2.75) is 31.3 Å². The van der Waals surface area contributed by atoms with Crippen LogP contribution in [0.1, 0.15) is 41.2 Å². The maximum Gasteiger partial charge on any atom is 0.254 e. The zero-order valence-electron chi connectivity index (χ0n) is 17.5. The summed E-state index contributed by atoms with van der Waals surface area (Å²) in [6.45, 7) is 0.585. The highest BCUT2D eigenvalue weighted by molar-refractivity contribution is 6.10. The fourth-order valence-corrected chi connectivity index (χ4v) is 4.23. The van der Waals surface area contributed by atoms with Crippen molar-refractivity contribution in [3.63, 3.8) is 0 Å². The zero-order valence-corrected chi connectivity index (χ0v) is 17.5. The number of rotatable bonds is 5. The average Bonchev–Trinajstić information content (AvgIpc) is 3.24. The van der Waals surface area contributed by atoms with Crippen molar-refractivity contribution < 1.29 is 23.9 Å². The Hall–Kier alpha value is -3.55. The maximum atomic E-state index is 13.2. The Bertz CT molecular complexity index is 1020. The van der Waals surface area contributed by atoms with E-state index in [1.54, 1.807) is 49.5 Å². The molecule has 1 fully saturated rings. The molecule has 2 N–H and O–H groups in total. The molecule has 0 unspecified atom stereocenters. The molecular formula is C23H25N3O5. The normalized spacial score (nSPS) is 20.4. The molecule has 162 valence electrons. The first-order valence-corrected chi connectivity index (χ1v) is 10.2. The molecule has 2 aliphatic rings. The van der Waals surface area contributed by atoms with E-state index in [0.717, 1.165) is 18.4 Å². The lowest BCUT2D eigenvalue weighted by atomic mass is 10.0.